The molecule has 76 valence electrons. The summed E-state index contributed by atoms with van der Waals surface area (Å²) in [6, 6.07) is 3.59. The number of terminal acetylenes is 1. The van der Waals surface area contributed by atoms with Crippen molar-refractivity contribution < 1.29 is 9.47 Å². The molecule has 0 atom stereocenters. The molecule has 0 aliphatic carbocycles. The molecule has 1 aromatic heterocycles. The van der Waals surface area contributed by atoms with Gasteiger partial charge in [0, 0.05) is 12.1 Å². The monoisotopic (exact) mass is 202 g/mol. The number of methoxy groups -OCH3 is 2. The van der Waals surface area contributed by atoms with Crippen LogP contribution in [0.15, 0.2) is 12.1 Å². The maximum Gasteiger partial charge on any atom is 0.183 e. The summed E-state index contributed by atoms with van der Waals surface area (Å²) in [5, 5.41) is 0. The summed E-state index contributed by atoms with van der Waals surface area (Å²) in [6.07, 6.45) is 5.25. The summed E-state index contributed by atoms with van der Waals surface area (Å²) in [6.45, 7) is 0. The number of ether oxygens (including phenoxy) is 2. The molecule has 0 aliphatic heterocycles. The van der Waals surface area contributed by atoms with E-state index in [2.05, 4.69) is 15.9 Å². The fourth-order valence-electron chi connectivity index (χ4n) is 1.41. The average molecular weight is 202 g/mol. The summed E-state index contributed by atoms with van der Waals surface area (Å²) in [4.78, 5) is 7.18. The van der Waals surface area contributed by atoms with E-state index in [1.807, 2.05) is 6.07 Å². The van der Waals surface area contributed by atoms with Crippen molar-refractivity contribution in [3.63, 3.8) is 0 Å². The lowest BCUT2D eigenvalue weighted by molar-refractivity contribution is 0.356. The number of aromatic amines is 1. The Bertz CT molecular complexity index is 496. The van der Waals surface area contributed by atoms with Gasteiger partial charge in [-0.1, -0.05) is 0 Å². The van der Waals surface area contributed by atoms with E-state index < -0.39 is 0 Å². The van der Waals surface area contributed by atoms with Crippen molar-refractivity contribution in [2.75, 3.05) is 14.2 Å². The van der Waals surface area contributed by atoms with Crippen LogP contribution in [0.4, 0.5) is 0 Å². The van der Waals surface area contributed by atoms with E-state index in [-0.39, 0.29) is 0 Å². The maximum absolute atomic E-state index is 5.25. The molecule has 0 radical (unpaired) electrons. The fourth-order valence-corrected chi connectivity index (χ4v) is 1.41. The topological polar surface area (TPSA) is 47.1 Å². The number of benzene rings is 1. The Labute approximate surface area is 87.2 Å². The van der Waals surface area contributed by atoms with Crippen molar-refractivity contribution in [2.24, 2.45) is 0 Å². The summed E-state index contributed by atoms with van der Waals surface area (Å²) in [5.74, 6) is 4.23. The molecule has 0 bridgehead atoms. The zero-order valence-corrected chi connectivity index (χ0v) is 8.50. The minimum atomic E-state index is 0.500. The Balaban J connectivity index is 2.68. The predicted octanol–water partition coefficient (Wildman–Crippen LogP) is 1.56. The summed E-state index contributed by atoms with van der Waals surface area (Å²) in [7, 11) is 3.17. The van der Waals surface area contributed by atoms with Gasteiger partial charge in [-0.25, -0.2) is 4.98 Å². The van der Waals surface area contributed by atoms with Crippen LogP contribution in [0, 0.1) is 12.3 Å². The largest absolute Gasteiger partial charge is 0.493 e. The summed E-state index contributed by atoms with van der Waals surface area (Å²) in [5.41, 5.74) is 1.60. The first-order valence-corrected chi connectivity index (χ1v) is 4.37. The molecular formula is C11H10N2O2. The minimum absolute atomic E-state index is 0.500. The average Bonchev–Trinajstić information content (AvgIpc) is 2.68. The van der Waals surface area contributed by atoms with Crippen molar-refractivity contribution in [1.29, 1.82) is 0 Å². The van der Waals surface area contributed by atoms with Crippen LogP contribution in [-0.4, -0.2) is 24.2 Å². The van der Waals surface area contributed by atoms with Gasteiger partial charge in [0.25, 0.3) is 0 Å². The molecular weight excluding hydrogens is 192 g/mol. The van der Waals surface area contributed by atoms with Gasteiger partial charge in [-0.05, 0) is 5.92 Å². The SMILES string of the molecule is C#Cc1nc2cc(OC)c(OC)cc2[nH]1. The molecule has 4 nitrogen and oxygen atoms in total. The Kier molecular flexibility index (Phi) is 2.22. The van der Waals surface area contributed by atoms with E-state index in [1.165, 1.54) is 0 Å². The molecule has 1 N–H and O–H groups in total. The van der Waals surface area contributed by atoms with Crippen LogP contribution < -0.4 is 9.47 Å². The van der Waals surface area contributed by atoms with Crippen LogP contribution in [0.5, 0.6) is 11.5 Å². The quantitative estimate of drug-likeness (QED) is 0.752. The van der Waals surface area contributed by atoms with Gasteiger partial charge in [-0.3, -0.25) is 0 Å². The number of rotatable bonds is 2. The number of hydrogen-bond donors (Lipinski definition) is 1. The second kappa shape index (κ2) is 3.54. The van der Waals surface area contributed by atoms with Crippen molar-refractivity contribution >= 4 is 11.0 Å². The lowest BCUT2D eigenvalue weighted by atomic mass is 10.3. The molecule has 0 saturated carbocycles. The Morgan fingerprint density at radius 1 is 1.27 bits per heavy atom. The van der Waals surface area contributed by atoms with Gasteiger partial charge in [-0.2, -0.15) is 0 Å². The van der Waals surface area contributed by atoms with Crippen molar-refractivity contribution in [3.8, 4) is 23.8 Å². The van der Waals surface area contributed by atoms with E-state index in [1.54, 1.807) is 20.3 Å². The number of aromatic nitrogens is 2. The van der Waals surface area contributed by atoms with E-state index in [9.17, 15) is 0 Å². The molecule has 2 aromatic rings. The highest BCUT2D eigenvalue weighted by atomic mass is 16.5. The van der Waals surface area contributed by atoms with Crippen molar-refractivity contribution in [1.82, 2.24) is 9.97 Å². The first-order valence-electron chi connectivity index (χ1n) is 4.37. The van der Waals surface area contributed by atoms with E-state index >= 15 is 0 Å². The third-order valence-electron chi connectivity index (χ3n) is 2.12. The number of hydrogen-bond acceptors (Lipinski definition) is 3. The van der Waals surface area contributed by atoms with Gasteiger partial charge >= 0.3 is 0 Å². The Morgan fingerprint density at radius 3 is 2.53 bits per heavy atom. The Hall–Kier alpha value is -2.15. The Morgan fingerprint density at radius 2 is 1.93 bits per heavy atom. The smallest absolute Gasteiger partial charge is 0.183 e. The third kappa shape index (κ3) is 1.48. The molecule has 1 heterocycles. The third-order valence-corrected chi connectivity index (χ3v) is 2.12. The zero-order chi connectivity index (χ0) is 10.8. The van der Waals surface area contributed by atoms with Crippen LogP contribution in [0.25, 0.3) is 11.0 Å². The molecule has 0 unspecified atom stereocenters. The molecule has 0 spiro atoms. The highest BCUT2D eigenvalue weighted by Crippen LogP contribution is 2.30. The number of fused-ring (bicyclic) bond motifs is 1. The number of H-pyrrole nitrogens is 1. The van der Waals surface area contributed by atoms with E-state index in [0.717, 1.165) is 11.0 Å². The normalized spacial score (nSPS) is 9.93. The number of imidazole rings is 1. The van der Waals surface area contributed by atoms with Gasteiger partial charge in [0.15, 0.2) is 17.3 Å². The first-order chi connectivity index (χ1) is 7.28. The summed E-state index contributed by atoms with van der Waals surface area (Å²) < 4.78 is 10.3. The second-order valence-corrected chi connectivity index (χ2v) is 2.95. The number of nitrogens with one attached hydrogen (secondary N) is 1. The van der Waals surface area contributed by atoms with Crippen molar-refractivity contribution in [3.05, 3.63) is 18.0 Å². The first kappa shape index (κ1) is 9.41. The highest BCUT2D eigenvalue weighted by molar-refractivity contribution is 5.80. The van der Waals surface area contributed by atoms with E-state index in [4.69, 9.17) is 15.9 Å². The second-order valence-electron chi connectivity index (χ2n) is 2.95. The molecule has 4 heteroatoms. The van der Waals surface area contributed by atoms with Crippen LogP contribution in [0.3, 0.4) is 0 Å². The van der Waals surface area contributed by atoms with Crippen LogP contribution >= 0.6 is 0 Å². The van der Waals surface area contributed by atoms with Gasteiger partial charge in [0.05, 0.1) is 25.3 Å². The standard InChI is InChI=1S/C11H10N2O2/c1-4-11-12-7-5-9(14-2)10(15-3)6-8(7)13-11/h1,5-6H,2-3H3,(H,12,13). The van der Waals surface area contributed by atoms with Gasteiger partial charge in [0.2, 0.25) is 0 Å². The van der Waals surface area contributed by atoms with Gasteiger partial charge < -0.3 is 14.5 Å². The molecule has 0 amide bonds. The van der Waals surface area contributed by atoms with Crippen LogP contribution in [0.2, 0.25) is 0 Å². The molecule has 15 heavy (non-hydrogen) atoms. The summed E-state index contributed by atoms with van der Waals surface area (Å²) >= 11 is 0. The van der Waals surface area contributed by atoms with Gasteiger partial charge in [0.1, 0.15) is 0 Å². The molecule has 0 aliphatic rings. The molecule has 0 saturated heterocycles. The van der Waals surface area contributed by atoms with Crippen LogP contribution in [-0.2, 0) is 0 Å². The molecule has 1 aromatic carbocycles. The van der Waals surface area contributed by atoms with Crippen LogP contribution in [0.1, 0.15) is 5.82 Å². The number of nitrogens with zero attached hydrogens (tertiary/aromatic N) is 1. The molecule has 0 fully saturated rings. The lowest BCUT2D eigenvalue weighted by Crippen LogP contribution is -1.89. The fraction of sp³-hybridized carbons (Fsp3) is 0.182. The lowest BCUT2D eigenvalue weighted by Gasteiger charge is -2.06. The van der Waals surface area contributed by atoms with E-state index in [0.29, 0.717) is 17.3 Å². The predicted molar refractivity (Wildman–Crippen MR) is 57.1 cm³/mol. The highest BCUT2D eigenvalue weighted by Gasteiger charge is 2.08. The zero-order valence-electron chi connectivity index (χ0n) is 8.50. The molecule has 2 rings (SSSR count). The van der Waals surface area contributed by atoms with Gasteiger partial charge in [-0.15, -0.1) is 6.42 Å². The van der Waals surface area contributed by atoms with Crippen molar-refractivity contribution in [2.45, 2.75) is 0 Å². The maximum atomic E-state index is 5.25. The minimum Gasteiger partial charge on any atom is -0.493 e.